The zero-order valence-corrected chi connectivity index (χ0v) is 27.5. The lowest BCUT2D eigenvalue weighted by Gasteiger charge is -2.41. The van der Waals surface area contributed by atoms with Crippen LogP contribution in [-0.2, 0) is 19.1 Å². The fraction of sp³-hybridized carbons (Fsp3) is 0.486. The Morgan fingerprint density at radius 3 is 2.07 bits per heavy atom. The average molecular weight is 627 g/mol. The van der Waals surface area contributed by atoms with Crippen LogP contribution < -0.4 is 14.7 Å². The van der Waals surface area contributed by atoms with Crippen molar-refractivity contribution < 1.29 is 24.2 Å². The Kier molecular flexibility index (Phi) is 8.59. The van der Waals surface area contributed by atoms with Crippen LogP contribution in [-0.4, -0.2) is 83.8 Å². The van der Waals surface area contributed by atoms with Crippen molar-refractivity contribution in [3.63, 3.8) is 0 Å². The van der Waals surface area contributed by atoms with E-state index in [1.165, 1.54) is 0 Å². The molecule has 9 nitrogen and oxygen atoms in total. The minimum atomic E-state index is -1.40. The molecule has 46 heavy (non-hydrogen) atoms. The number of carbonyl (C=O) groups excluding carboxylic acids is 3. The van der Waals surface area contributed by atoms with E-state index in [1.807, 2.05) is 99.7 Å². The lowest BCUT2D eigenvalue weighted by Crippen LogP contribution is -2.60. The number of likely N-dealkylation sites (tertiary alicyclic amines) is 1. The summed E-state index contributed by atoms with van der Waals surface area (Å²) >= 11 is 0. The third-order valence-electron chi connectivity index (χ3n) is 10.7. The predicted molar refractivity (Wildman–Crippen MR) is 180 cm³/mol. The van der Waals surface area contributed by atoms with E-state index in [0.29, 0.717) is 18.7 Å². The number of amides is 3. The van der Waals surface area contributed by atoms with Crippen molar-refractivity contribution in [2.24, 2.45) is 17.8 Å². The van der Waals surface area contributed by atoms with Crippen molar-refractivity contribution in [2.75, 3.05) is 47.5 Å². The van der Waals surface area contributed by atoms with Gasteiger partial charge in [-0.1, -0.05) is 62.8 Å². The minimum Gasteiger partial charge on any atom is -0.394 e. The Bertz CT molecular complexity index is 1520. The highest BCUT2D eigenvalue weighted by Crippen LogP contribution is 2.58. The van der Waals surface area contributed by atoms with Gasteiger partial charge in [0.15, 0.2) is 0 Å². The topological polar surface area (TPSA) is 93.6 Å². The van der Waals surface area contributed by atoms with Gasteiger partial charge in [-0.25, -0.2) is 0 Å². The zero-order valence-electron chi connectivity index (χ0n) is 27.5. The van der Waals surface area contributed by atoms with Crippen molar-refractivity contribution in [2.45, 2.75) is 64.3 Å². The van der Waals surface area contributed by atoms with Gasteiger partial charge in [-0.05, 0) is 63.1 Å². The first-order valence-electron chi connectivity index (χ1n) is 16.7. The van der Waals surface area contributed by atoms with Crippen molar-refractivity contribution >= 4 is 34.8 Å². The van der Waals surface area contributed by atoms with Gasteiger partial charge in [-0.2, -0.15) is 0 Å². The number of aliphatic hydroxyl groups is 1. The van der Waals surface area contributed by atoms with Crippen molar-refractivity contribution in [1.29, 1.82) is 0 Å². The lowest BCUT2D eigenvalue weighted by molar-refractivity contribution is -0.149. The number of nitrogens with zero attached hydrogens (tertiary/aromatic N) is 4. The van der Waals surface area contributed by atoms with Gasteiger partial charge in [-0.15, -0.1) is 0 Å². The van der Waals surface area contributed by atoms with Crippen LogP contribution >= 0.6 is 0 Å². The van der Waals surface area contributed by atoms with E-state index in [9.17, 15) is 19.5 Å². The number of benzene rings is 2. The van der Waals surface area contributed by atoms with Crippen LogP contribution in [0.5, 0.6) is 0 Å². The summed E-state index contributed by atoms with van der Waals surface area (Å²) in [5.41, 5.74) is -0.00237. The normalized spacial score (nSPS) is 30.1. The number of para-hydroxylation sites is 1. The molecule has 0 aromatic heterocycles. The van der Waals surface area contributed by atoms with Crippen LogP contribution in [0.2, 0.25) is 0 Å². The number of ether oxygens (including phenoxy) is 1. The SMILES string of the molecule is CC[C@H](C)[C@H](CO)N1C(=O)[C@@H]2[C@H]3C(=O)N(c4ccccc4)CC=C[C@@]3(C)O[C@@]23C=CCN(c2ccc(N(CC)CC)cc2)C(=O)C13. The maximum Gasteiger partial charge on any atom is 0.253 e. The number of fused-ring (bicyclic) bond motifs is 2. The van der Waals surface area contributed by atoms with E-state index in [2.05, 4.69) is 18.7 Å². The molecule has 4 aliphatic heterocycles. The Hall–Kier alpha value is -3.95. The van der Waals surface area contributed by atoms with E-state index in [1.54, 1.807) is 14.7 Å². The maximum absolute atomic E-state index is 14.9. The van der Waals surface area contributed by atoms with Gasteiger partial charge in [0.2, 0.25) is 11.8 Å². The Balaban J connectivity index is 1.47. The summed E-state index contributed by atoms with van der Waals surface area (Å²) in [6.07, 6.45) is 8.27. The molecule has 0 radical (unpaired) electrons. The summed E-state index contributed by atoms with van der Waals surface area (Å²) in [5.74, 6) is -2.75. The van der Waals surface area contributed by atoms with Gasteiger partial charge in [-0.3, -0.25) is 14.4 Å². The van der Waals surface area contributed by atoms with Crippen LogP contribution in [0.15, 0.2) is 78.9 Å². The van der Waals surface area contributed by atoms with E-state index in [-0.39, 0.29) is 36.8 Å². The Morgan fingerprint density at radius 1 is 0.848 bits per heavy atom. The molecule has 244 valence electrons. The van der Waals surface area contributed by atoms with Crippen molar-refractivity contribution in [3.8, 4) is 0 Å². The molecule has 0 aliphatic carbocycles. The standard InChI is InChI=1S/C37H46N4O5/c1-6-25(4)29(24-42)41-32-35(45)40(28-18-16-26(17-19-28)38(7-2)8-3)23-13-21-37(32)31(34(41)44)30-33(43)39(27-14-10-9-11-15-27)22-12-20-36(30,5)46-37/h9-21,25,29-32,42H,6-8,22-24H2,1-5H3/t25-,29-,30-,31-,32?,36+,37-/m0/s1. The quantitative estimate of drug-likeness (QED) is 0.415. The molecule has 0 saturated carbocycles. The monoisotopic (exact) mass is 626 g/mol. The second-order valence-electron chi connectivity index (χ2n) is 13.1. The molecule has 1 spiro atoms. The highest BCUT2D eigenvalue weighted by Gasteiger charge is 2.75. The van der Waals surface area contributed by atoms with Gasteiger partial charge in [0.1, 0.15) is 11.6 Å². The second kappa shape index (κ2) is 12.3. The number of anilines is 3. The summed E-state index contributed by atoms with van der Waals surface area (Å²) in [7, 11) is 0. The van der Waals surface area contributed by atoms with Gasteiger partial charge in [0.05, 0.1) is 30.1 Å². The van der Waals surface area contributed by atoms with Crippen LogP contribution in [0.25, 0.3) is 0 Å². The summed E-state index contributed by atoms with van der Waals surface area (Å²) in [5, 5.41) is 10.7. The molecule has 2 saturated heterocycles. The van der Waals surface area contributed by atoms with Gasteiger partial charge >= 0.3 is 0 Å². The molecule has 1 N–H and O–H groups in total. The van der Waals surface area contributed by atoms with E-state index in [4.69, 9.17) is 4.74 Å². The summed E-state index contributed by atoms with van der Waals surface area (Å²) in [4.78, 5) is 51.6. The van der Waals surface area contributed by atoms with Gasteiger partial charge in [0, 0.05) is 43.2 Å². The molecule has 6 rings (SSSR count). The molecule has 1 unspecified atom stereocenters. The molecular formula is C37H46N4O5. The van der Waals surface area contributed by atoms with Crippen molar-refractivity contribution in [3.05, 3.63) is 78.9 Å². The maximum atomic E-state index is 14.9. The number of aliphatic hydroxyl groups excluding tert-OH is 1. The number of hydrogen-bond acceptors (Lipinski definition) is 6. The number of rotatable bonds is 9. The highest BCUT2D eigenvalue weighted by atomic mass is 16.5. The molecular weight excluding hydrogens is 580 g/mol. The molecule has 2 aromatic rings. The third kappa shape index (κ3) is 4.86. The molecule has 2 fully saturated rings. The van der Waals surface area contributed by atoms with Crippen LogP contribution in [0.3, 0.4) is 0 Å². The first-order chi connectivity index (χ1) is 22.2. The Morgan fingerprint density at radius 2 is 1.46 bits per heavy atom. The van der Waals surface area contributed by atoms with E-state index >= 15 is 0 Å². The highest BCUT2D eigenvalue weighted by molar-refractivity contribution is 6.07. The third-order valence-corrected chi connectivity index (χ3v) is 10.7. The van der Waals surface area contributed by atoms with Crippen LogP contribution in [0.4, 0.5) is 17.1 Å². The largest absolute Gasteiger partial charge is 0.394 e. The number of hydrogen-bond donors (Lipinski definition) is 1. The van der Waals surface area contributed by atoms with Gasteiger partial charge in [0.25, 0.3) is 5.91 Å². The predicted octanol–water partition coefficient (Wildman–Crippen LogP) is 4.42. The van der Waals surface area contributed by atoms with Crippen molar-refractivity contribution in [1.82, 2.24) is 4.90 Å². The fourth-order valence-electron chi connectivity index (χ4n) is 8.14. The molecule has 2 aromatic carbocycles. The Labute approximate surface area is 272 Å². The zero-order chi connectivity index (χ0) is 32.8. The van der Waals surface area contributed by atoms with Gasteiger partial charge < -0.3 is 29.4 Å². The van der Waals surface area contributed by atoms with E-state index in [0.717, 1.165) is 24.5 Å². The summed E-state index contributed by atoms with van der Waals surface area (Å²) < 4.78 is 7.01. The lowest BCUT2D eigenvalue weighted by atomic mass is 9.74. The fourth-order valence-corrected chi connectivity index (χ4v) is 8.14. The molecule has 9 heteroatoms. The molecule has 0 bridgehead atoms. The summed E-state index contributed by atoms with van der Waals surface area (Å²) in [6.45, 7) is 12.1. The number of carbonyl (C=O) groups is 3. The van der Waals surface area contributed by atoms with E-state index < -0.39 is 35.1 Å². The first kappa shape index (κ1) is 32.0. The minimum absolute atomic E-state index is 0.0939. The molecule has 4 heterocycles. The molecule has 4 aliphatic rings. The smallest absolute Gasteiger partial charge is 0.253 e. The average Bonchev–Trinajstić information content (AvgIpc) is 3.33. The molecule has 3 amide bonds. The summed E-state index contributed by atoms with van der Waals surface area (Å²) in [6, 6.07) is 15.7. The van der Waals surface area contributed by atoms with Crippen LogP contribution in [0.1, 0.15) is 41.0 Å². The first-order valence-corrected chi connectivity index (χ1v) is 16.7. The second-order valence-corrected chi connectivity index (χ2v) is 13.1. The molecule has 7 atom stereocenters. The van der Waals surface area contributed by atoms with Crippen LogP contribution in [0, 0.1) is 17.8 Å².